The number of aryl methyl sites for hydroxylation is 2. The second kappa shape index (κ2) is 4.98. The number of hydrogen-bond acceptors (Lipinski definition) is 2. The summed E-state index contributed by atoms with van der Waals surface area (Å²) in [7, 11) is 1.98. The highest BCUT2D eigenvalue weighted by molar-refractivity contribution is 6.14. The van der Waals surface area contributed by atoms with E-state index in [1.54, 1.807) is 6.20 Å². The molecule has 0 N–H and O–H groups in total. The molecule has 1 aliphatic heterocycles. The van der Waals surface area contributed by atoms with E-state index in [-0.39, 0.29) is 5.91 Å². The lowest BCUT2D eigenvalue weighted by atomic mass is 10.1. The number of hydrogen-bond donors (Lipinski definition) is 0. The van der Waals surface area contributed by atoms with Crippen LogP contribution in [0.3, 0.4) is 0 Å². The summed E-state index contributed by atoms with van der Waals surface area (Å²) in [6.07, 6.45) is 5.62. The van der Waals surface area contributed by atoms with Gasteiger partial charge in [0.25, 0.3) is 5.91 Å². The number of pyridine rings is 1. The van der Waals surface area contributed by atoms with Crippen molar-refractivity contribution in [1.29, 1.82) is 0 Å². The Bertz CT molecular complexity index is 866. The molecule has 0 saturated carbocycles. The first kappa shape index (κ1) is 13.1. The Kier molecular flexibility index (Phi) is 2.96. The third kappa shape index (κ3) is 1.91. The summed E-state index contributed by atoms with van der Waals surface area (Å²) in [6.45, 7) is 0.751. The van der Waals surface area contributed by atoms with E-state index in [9.17, 15) is 4.79 Å². The lowest BCUT2D eigenvalue weighted by Crippen LogP contribution is -2.35. The van der Waals surface area contributed by atoms with Crippen molar-refractivity contribution < 1.29 is 4.79 Å². The van der Waals surface area contributed by atoms with Crippen molar-refractivity contribution in [3.8, 4) is 0 Å². The van der Waals surface area contributed by atoms with Crippen LogP contribution >= 0.6 is 0 Å². The standard InChI is InChI=1S/C18H17N3O/c1-20-12-14(13-6-2-3-8-16(13)20)18(22)21-11-5-7-15-17(21)9-4-10-19-15/h2-4,6,8-10,12H,5,7,11H2,1H3. The Labute approximate surface area is 129 Å². The highest BCUT2D eigenvalue weighted by Crippen LogP contribution is 2.29. The molecular formula is C18H17N3O. The third-order valence-electron chi connectivity index (χ3n) is 4.32. The second-order valence-electron chi connectivity index (χ2n) is 5.70. The number of carbonyl (C=O) groups excluding carboxylic acids is 1. The van der Waals surface area contributed by atoms with Gasteiger partial charge >= 0.3 is 0 Å². The molecule has 1 aromatic carbocycles. The number of aromatic nitrogens is 2. The molecule has 3 aromatic rings. The Morgan fingerprint density at radius 3 is 2.95 bits per heavy atom. The fourth-order valence-corrected chi connectivity index (χ4v) is 3.26. The van der Waals surface area contributed by atoms with Crippen molar-refractivity contribution in [2.24, 2.45) is 7.05 Å². The maximum atomic E-state index is 13.1. The first-order valence-corrected chi connectivity index (χ1v) is 7.55. The van der Waals surface area contributed by atoms with Gasteiger partial charge in [-0.2, -0.15) is 0 Å². The number of para-hydroxylation sites is 1. The average molecular weight is 291 g/mol. The predicted molar refractivity (Wildman–Crippen MR) is 87.2 cm³/mol. The fraction of sp³-hybridized carbons (Fsp3) is 0.222. The molecule has 0 bridgehead atoms. The molecule has 0 radical (unpaired) electrons. The van der Waals surface area contributed by atoms with Gasteiger partial charge in [0, 0.05) is 36.9 Å². The lowest BCUT2D eigenvalue weighted by Gasteiger charge is -2.28. The fourth-order valence-electron chi connectivity index (χ4n) is 3.26. The summed E-state index contributed by atoms with van der Waals surface area (Å²) in [5.74, 6) is 0.0609. The summed E-state index contributed by atoms with van der Waals surface area (Å²) in [5.41, 5.74) is 3.80. The largest absolute Gasteiger partial charge is 0.350 e. The zero-order valence-corrected chi connectivity index (χ0v) is 12.5. The molecule has 0 saturated heterocycles. The summed E-state index contributed by atoms with van der Waals surface area (Å²) in [6, 6.07) is 11.9. The van der Waals surface area contributed by atoms with Crippen molar-refractivity contribution in [3.05, 3.63) is 60.0 Å². The Morgan fingerprint density at radius 2 is 2.05 bits per heavy atom. The third-order valence-corrected chi connectivity index (χ3v) is 4.32. The van der Waals surface area contributed by atoms with E-state index in [0.29, 0.717) is 0 Å². The second-order valence-corrected chi connectivity index (χ2v) is 5.70. The van der Waals surface area contributed by atoms with E-state index in [4.69, 9.17) is 0 Å². The van der Waals surface area contributed by atoms with Crippen molar-refractivity contribution in [1.82, 2.24) is 9.55 Å². The molecule has 3 heterocycles. The van der Waals surface area contributed by atoms with Gasteiger partial charge < -0.3 is 9.47 Å². The van der Waals surface area contributed by atoms with E-state index >= 15 is 0 Å². The molecule has 4 rings (SSSR count). The van der Waals surface area contributed by atoms with Gasteiger partial charge in [0.2, 0.25) is 0 Å². The highest BCUT2D eigenvalue weighted by atomic mass is 16.2. The highest BCUT2D eigenvalue weighted by Gasteiger charge is 2.26. The summed E-state index contributed by atoms with van der Waals surface area (Å²) >= 11 is 0. The van der Waals surface area contributed by atoms with Crippen LogP contribution < -0.4 is 4.90 Å². The van der Waals surface area contributed by atoms with E-state index in [1.807, 2.05) is 59.1 Å². The Hall–Kier alpha value is -2.62. The number of carbonyl (C=O) groups is 1. The van der Waals surface area contributed by atoms with E-state index in [0.717, 1.165) is 47.2 Å². The minimum absolute atomic E-state index is 0.0609. The van der Waals surface area contributed by atoms with Crippen molar-refractivity contribution in [3.63, 3.8) is 0 Å². The number of fused-ring (bicyclic) bond motifs is 2. The number of anilines is 1. The monoisotopic (exact) mass is 291 g/mol. The van der Waals surface area contributed by atoms with Gasteiger partial charge in [0.15, 0.2) is 0 Å². The zero-order chi connectivity index (χ0) is 15.1. The Balaban J connectivity index is 1.82. The Morgan fingerprint density at radius 1 is 1.18 bits per heavy atom. The number of amides is 1. The van der Waals surface area contributed by atoms with Crippen LogP contribution in [0.2, 0.25) is 0 Å². The van der Waals surface area contributed by atoms with Crippen LogP contribution in [0.1, 0.15) is 22.5 Å². The van der Waals surface area contributed by atoms with Gasteiger partial charge in [0.05, 0.1) is 16.9 Å². The van der Waals surface area contributed by atoms with E-state index in [1.165, 1.54) is 0 Å². The quantitative estimate of drug-likeness (QED) is 0.690. The smallest absolute Gasteiger partial charge is 0.260 e. The molecule has 4 nitrogen and oxygen atoms in total. The van der Waals surface area contributed by atoms with Crippen LogP contribution in [0.25, 0.3) is 10.9 Å². The summed E-state index contributed by atoms with van der Waals surface area (Å²) in [5, 5.41) is 1.01. The molecule has 1 amide bonds. The minimum atomic E-state index is 0.0609. The first-order valence-electron chi connectivity index (χ1n) is 7.55. The first-order chi connectivity index (χ1) is 10.8. The summed E-state index contributed by atoms with van der Waals surface area (Å²) < 4.78 is 2.01. The summed E-state index contributed by atoms with van der Waals surface area (Å²) in [4.78, 5) is 19.4. The molecule has 0 spiro atoms. The molecule has 2 aromatic heterocycles. The SMILES string of the molecule is Cn1cc(C(=O)N2CCCc3ncccc32)c2ccccc21. The van der Waals surface area contributed by atoms with Gasteiger partial charge in [0.1, 0.15) is 0 Å². The lowest BCUT2D eigenvalue weighted by molar-refractivity contribution is 0.0986. The topological polar surface area (TPSA) is 38.1 Å². The number of rotatable bonds is 1. The maximum Gasteiger partial charge on any atom is 0.260 e. The molecular weight excluding hydrogens is 274 g/mol. The van der Waals surface area contributed by atoms with Gasteiger partial charge in [-0.25, -0.2) is 0 Å². The zero-order valence-electron chi connectivity index (χ0n) is 12.5. The van der Waals surface area contributed by atoms with Crippen LogP contribution in [0.4, 0.5) is 5.69 Å². The van der Waals surface area contributed by atoms with Crippen molar-refractivity contribution in [2.75, 3.05) is 11.4 Å². The van der Waals surface area contributed by atoms with E-state index in [2.05, 4.69) is 4.98 Å². The molecule has 0 atom stereocenters. The number of nitrogens with zero attached hydrogens (tertiary/aromatic N) is 3. The van der Waals surface area contributed by atoms with Gasteiger partial charge in [-0.15, -0.1) is 0 Å². The van der Waals surface area contributed by atoms with Crippen LogP contribution in [0, 0.1) is 0 Å². The average Bonchev–Trinajstić information content (AvgIpc) is 2.91. The van der Waals surface area contributed by atoms with Crippen LogP contribution in [-0.2, 0) is 13.5 Å². The van der Waals surface area contributed by atoms with Crippen LogP contribution in [0.5, 0.6) is 0 Å². The van der Waals surface area contributed by atoms with Crippen LogP contribution in [-0.4, -0.2) is 22.0 Å². The minimum Gasteiger partial charge on any atom is -0.350 e. The van der Waals surface area contributed by atoms with Crippen LogP contribution in [0.15, 0.2) is 48.8 Å². The van der Waals surface area contributed by atoms with Gasteiger partial charge in [-0.1, -0.05) is 18.2 Å². The predicted octanol–water partition coefficient (Wildman–Crippen LogP) is 3.17. The number of benzene rings is 1. The molecule has 22 heavy (non-hydrogen) atoms. The van der Waals surface area contributed by atoms with Gasteiger partial charge in [-0.3, -0.25) is 9.78 Å². The molecule has 110 valence electrons. The molecule has 1 aliphatic rings. The molecule has 0 aliphatic carbocycles. The van der Waals surface area contributed by atoms with E-state index < -0.39 is 0 Å². The molecule has 0 unspecified atom stereocenters. The van der Waals surface area contributed by atoms with Crippen molar-refractivity contribution in [2.45, 2.75) is 12.8 Å². The molecule has 0 fully saturated rings. The normalized spacial score (nSPS) is 14.1. The van der Waals surface area contributed by atoms with Crippen molar-refractivity contribution >= 4 is 22.5 Å². The maximum absolute atomic E-state index is 13.1. The van der Waals surface area contributed by atoms with Gasteiger partial charge in [-0.05, 0) is 31.0 Å². The molecule has 4 heteroatoms.